The van der Waals surface area contributed by atoms with Crippen LogP contribution in [0.25, 0.3) is 0 Å². The van der Waals surface area contributed by atoms with Crippen molar-refractivity contribution in [1.29, 1.82) is 0 Å². The quantitative estimate of drug-likeness (QED) is 0.647. The zero-order chi connectivity index (χ0) is 15.4. The molecule has 0 bridgehead atoms. The number of nitro groups is 1. The summed E-state index contributed by atoms with van der Waals surface area (Å²) in [5, 5.41) is 15.8. The average molecular weight is 310 g/mol. The third kappa shape index (κ3) is 3.30. The lowest BCUT2D eigenvalue weighted by molar-refractivity contribution is -0.385. The number of ether oxygens (including phenoxy) is 1. The zero-order valence-corrected chi connectivity index (χ0v) is 12.5. The van der Waals surface area contributed by atoms with Crippen LogP contribution in [0.1, 0.15) is 17.4 Å². The van der Waals surface area contributed by atoms with E-state index in [2.05, 4.69) is 12.2 Å². The fraction of sp³-hybridized carbons (Fsp3) is 0.286. The van der Waals surface area contributed by atoms with Crippen molar-refractivity contribution in [1.82, 2.24) is 0 Å². The predicted molar refractivity (Wildman–Crippen MR) is 80.6 cm³/mol. The highest BCUT2D eigenvalue weighted by Crippen LogP contribution is 2.32. The molecule has 7 heteroatoms. The van der Waals surface area contributed by atoms with Crippen molar-refractivity contribution in [2.24, 2.45) is 0 Å². The normalized spacial score (nSPS) is 10.4. The molecule has 2 aromatic rings. The van der Waals surface area contributed by atoms with Crippen LogP contribution in [0, 0.1) is 15.9 Å². The van der Waals surface area contributed by atoms with Gasteiger partial charge in [0.1, 0.15) is 0 Å². The first kappa shape index (κ1) is 15.2. The largest absolute Gasteiger partial charge is 0.490 e. The van der Waals surface area contributed by atoms with Crippen LogP contribution in [-0.4, -0.2) is 12.0 Å². The summed E-state index contributed by atoms with van der Waals surface area (Å²) in [4.78, 5) is 11.3. The van der Waals surface area contributed by atoms with Crippen molar-refractivity contribution < 1.29 is 14.1 Å². The molecule has 1 N–H and O–H groups in total. The number of benzene rings is 1. The van der Waals surface area contributed by atoms with Crippen LogP contribution in [0.15, 0.2) is 23.6 Å². The van der Waals surface area contributed by atoms with Gasteiger partial charge in [0, 0.05) is 17.5 Å². The molecule has 5 nitrogen and oxygen atoms in total. The van der Waals surface area contributed by atoms with Gasteiger partial charge in [-0.3, -0.25) is 10.1 Å². The molecule has 0 fully saturated rings. The lowest BCUT2D eigenvalue weighted by Gasteiger charge is -2.10. The molecular weight excluding hydrogens is 295 g/mol. The SMILES string of the molecule is CCc1ccsc1CNc1cc(OC)c([N+](=O)[O-])cc1F. The van der Waals surface area contributed by atoms with E-state index in [-0.39, 0.29) is 17.1 Å². The highest BCUT2D eigenvalue weighted by Gasteiger charge is 2.19. The molecule has 112 valence electrons. The number of nitrogens with zero attached hydrogens (tertiary/aromatic N) is 1. The Bertz CT molecular complexity index is 658. The minimum Gasteiger partial charge on any atom is -0.490 e. The second-order valence-corrected chi connectivity index (χ2v) is 5.34. The van der Waals surface area contributed by atoms with Gasteiger partial charge in [0.2, 0.25) is 0 Å². The minimum atomic E-state index is -0.669. The Morgan fingerprint density at radius 2 is 2.24 bits per heavy atom. The zero-order valence-electron chi connectivity index (χ0n) is 11.7. The molecule has 0 saturated carbocycles. The smallest absolute Gasteiger partial charge is 0.313 e. The van der Waals surface area contributed by atoms with E-state index in [1.54, 1.807) is 11.3 Å². The summed E-state index contributed by atoms with van der Waals surface area (Å²) >= 11 is 1.59. The Hall–Kier alpha value is -2.15. The summed E-state index contributed by atoms with van der Waals surface area (Å²) < 4.78 is 18.9. The fourth-order valence-electron chi connectivity index (χ4n) is 2.00. The summed E-state index contributed by atoms with van der Waals surface area (Å²) in [6, 6.07) is 4.22. The number of thiophene rings is 1. The Kier molecular flexibility index (Phi) is 4.74. The molecule has 0 aliphatic heterocycles. The van der Waals surface area contributed by atoms with E-state index in [1.165, 1.54) is 18.7 Å². The molecule has 2 rings (SSSR count). The van der Waals surface area contributed by atoms with E-state index in [9.17, 15) is 14.5 Å². The number of aryl methyl sites for hydroxylation is 1. The maximum Gasteiger partial charge on any atom is 0.313 e. The molecule has 21 heavy (non-hydrogen) atoms. The van der Waals surface area contributed by atoms with Gasteiger partial charge < -0.3 is 10.1 Å². The lowest BCUT2D eigenvalue weighted by atomic mass is 10.2. The maximum atomic E-state index is 13.9. The van der Waals surface area contributed by atoms with Crippen molar-refractivity contribution in [3.8, 4) is 5.75 Å². The van der Waals surface area contributed by atoms with Crippen LogP contribution in [0.2, 0.25) is 0 Å². The highest BCUT2D eigenvalue weighted by molar-refractivity contribution is 7.10. The number of hydrogen-bond donors (Lipinski definition) is 1. The van der Waals surface area contributed by atoms with Crippen molar-refractivity contribution in [3.05, 3.63) is 50.0 Å². The Morgan fingerprint density at radius 3 is 2.86 bits per heavy atom. The van der Waals surface area contributed by atoms with E-state index in [0.29, 0.717) is 6.54 Å². The molecule has 0 radical (unpaired) electrons. The highest BCUT2D eigenvalue weighted by atomic mass is 32.1. The second-order valence-electron chi connectivity index (χ2n) is 4.34. The monoisotopic (exact) mass is 310 g/mol. The van der Waals surface area contributed by atoms with Crippen molar-refractivity contribution >= 4 is 22.7 Å². The molecule has 0 saturated heterocycles. The molecule has 0 amide bonds. The predicted octanol–water partition coefficient (Wildman–Crippen LogP) is 3.98. The van der Waals surface area contributed by atoms with Gasteiger partial charge in [-0.1, -0.05) is 6.92 Å². The van der Waals surface area contributed by atoms with E-state index in [1.807, 2.05) is 11.4 Å². The lowest BCUT2D eigenvalue weighted by Crippen LogP contribution is -2.03. The van der Waals surface area contributed by atoms with E-state index < -0.39 is 10.7 Å². The second kappa shape index (κ2) is 6.53. The number of nitrogens with one attached hydrogen (secondary N) is 1. The third-order valence-corrected chi connectivity index (χ3v) is 4.09. The minimum absolute atomic E-state index is 0.0331. The molecule has 0 atom stereocenters. The van der Waals surface area contributed by atoms with Crippen molar-refractivity contribution in [2.75, 3.05) is 12.4 Å². The number of anilines is 1. The summed E-state index contributed by atoms with van der Waals surface area (Å²) in [7, 11) is 1.32. The van der Waals surface area contributed by atoms with Gasteiger partial charge in [-0.15, -0.1) is 11.3 Å². The van der Waals surface area contributed by atoms with Crippen LogP contribution >= 0.6 is 11.3 Å². The Morgan fingerprint density at radius 1 is 1.48 bits per heavy atom. The summed E-state index contributed by atoms with van der Waals surface area (Å²) in [6.07, 6.45) is 0.909. The molecular formula is C14H15FN2O3S. The topological polar surface area (TPSA) is 64.4 Å². The summed E-state index contributed by atoms with van der Waals surface area (Å²) in [6.45, 7) is 2.53. The number of halogens is 1. The average Bonchev–Trinajstić information content (AvgIpc) is 2.93. The maximum absolute atomic E-state index is 13.9. The third-order valence-electron chi connectivity index (χ3n) is 3.12. The van der Waals surface area contributed by atoms with Gasteiger partial charge in [0.25, 0.3) is 0 Å². The first-order chi connectivity index (χ1) is 10.1. The Balaban J connectivity index is 2.22. The number of rotatable bonds is 6. The van der Waals surface area contributed by atoms with E-state index in [4.69, 9.17) is 4.74 Å². The van der Waals surface area contributed by atoms with Gasteiger partial charge in [-0.05, 0) is 23.4 Å². The molecule has 1 aromatic heterocycles. The standard InChI is InChI=1S/C14H15FN2O3S/c1-3-9-4-5-21-14(9)8-16-11-7-13(20-2)12(17(18)19)6-10(11)15/h4-7,16H,3,8H2,1-2H3. The number of nitro benzene ring substituents is 1. The van der Waals surface area contributed by atoms with E-state index >= 15 is 0 Å². The summed E-state index contributed by atoms with van der Waals surface area (Å²) in [5.74, 6) is -0.636. The van der Waals surface area contributed by atoms with Crippen molar-refractivity contribution in [2.45, 2.75) is 19.9 Å². The van der Waals surface area contributed by atoms with Gasteiger partial charge in [0.15, 0.2) is 11.6 Å². The van der Waals surface area contributed by atoms with Crippen LogP contribution in [0.4, 0.5) is 15.8 Å². The van der Waals surface area contributed by atoms with Gasteiger partial charge in [-0.2, -0.15) is 0 Å². The fourth-order valence-corrected chi connectivity index (χ4v) is 2.91. The molecule has 0 unspecified atom stereocenters. The first-order valence-corrected chi connectivity index (χ1v) is 7.25. The van der Waals surface area contributed by atoms with Crippen LogP contribution < -0.4 is 10.1 Å². The summed E-state index contributed by atoms with van der Waals surface area (Å²) in [5.41, 5.74) is 1.01. The van der Waals surface area contributed by atoms with Crippen LogP contribution in [0.3, 0.4) is 0 Å². The number of methoxy groups -OCH3 is 1. The van der Waals surface area contributed by atoms with Gasteiger partial charge in [-0.25, -0.2) is 4.39 Å². The van der Waals surface area contributed by atoms with Crippen LogP contribution in [0.5, 0.6) is 5.75 Å². The molecule has 1 aromatic carbocycles. The van der Waals surface area contributed by atoms with E-state index in [0.717, 1.165) is 17.4 Å². The van der Waals surface area contributed by atoms with Crippen molar-refractivity contribution in [3.63, 3.8) is 0 Å². The molecule has 0 aliphatic rings. The van der Waals surface area contributed by atoms with Gasteiger partial charge in [0.05, 0.1) is 23.8 Å². The molecule has 0 aliphatic carbocycles. The molecule has 0 spiro atoms. The van der Waals surface area contributed by atoms with Crippen LogP contribution in [-0.2, 0) is 13.0 Å². The number of hydrogen-bond acceptors (Lipinski definition) is 5. The first-order valence-electron chi connectivity index (χ1n) is 6.37. The Labute approximate surface area is 125 Å². The van der Waals surface area contributed by atoms with Gasteiger partial charge >= 0.3 is 5.69 Å². The molecule has 1 heterocycles.